The van der Waals surface area contributed by atoms with Crippen LogP contribution in [-0.2, 0) is 10.0 Å². The Balaban J connectivity index is 2.26. The van der Waals surface area contributed by atoms with E-state index in [0.717, 1.165) is 18.6 Å². The molecule has 0 radical (unpaired) electrons. The van der Waals surface area contributed by atoms with Crippen LogP contribution < -0.4 is 9.88 Å². The van der Waals surface area contributed by atoms with Crippen molar-refractivity contribution in [1.29, 1.82) is 0 Å². The van der Waals surface area contributed by atoms with Crippen LogP contribution in [0.3, 0.4) is 0 Å². The van der Waals surface area contributed by atoms with Crippen molar-refractivity contribution in [2.45, 2.75) is 63.9 Å². The zero-order valence-electron chi connectivity index (χ0n) is 13.1. The normalized spacial score (nSPS) is 23.0. The van der Waals surface area contributed by atoms with Crippen LogP contribution >= 0.6 is 0 Å². The van der Waals surface area contributed by atoms with Gasteiger partial charge in [-0.25, -0.2) is 13.6 Å². The summed E-state index contributed by atoms with van der Waals surface area (Å²) in [5.74, 6) is 1.35. The van der Waals surface area contributed by atoms with Crippen molar-refractivity contribution in [1.82, 2.24) is 0 Å². The fourth-order valence-electron chi connectivity index (χ4n) is 3.40. The van der Waals surface area contributed by atoms with Crippen LogP contribution in [0, 0.1) is 19.8 Å². The van der Waals surface area contributed by atoms with Crippen LogP contribution in [0.5, 0.6) is 5.75 Å². The molecule has 2 rings (SSSR count). The molecular weight excluding hydrogens is 286 g/mol. The van der Waals surface area contributed by atoms with E-state index >= 15 is 0 Å². The third-order valence-corrected chi connectivity index (χ3v) is 5.58. The first-order chi connectivity index (χ1) is 9.82. The zero-order chi connectivity index (χ0) is 15.6. The Labute approximate surface area is 127 Å². The molecule has 1 aromatic rings. The SMILES string of the molecule is CCC1CCCCC1Oc1cc(C)c(S(N)(=O)=O)c(C)c1. The molecule has 0 bridgehead atoms. The predicted octanol–water partition coefficient (Wildman–Crippen LogP) is 3.30. The highest BCUT2D eigenvalue weighted by Crippen LogP contribution is 2.32. The molecule has 1 saturated carbocycles. The molecule has 118 valence electrons. The standard InChI is InChI=1S/C16H25NO3S/c1-4-13-7-5-6-8-15(13)20-14-9-11(2)16(12(3)10-14)21(17,18)19/h9-10,13,15H,4-8H2,1-3H3,(H2,17,18,19). The summed E-state index contributed by atoms with van der Waals surface area (Å²) in [6.07, 6.45) is 6.14. The van der Waals surface area contributed by atoms with Gasteiger partial charge in [0.1, 0.15) is 11.9 Å². The topological polar surface area (TPSA) is 69.4 Å². The molecule has 0 amide bonds. The molecule has 0 saturated heterocycles. The molecule has 21 heavy (non-hydrogen) atoms. The lowest BCUT2D eigenvalue weighted by molar-refractivity contribution is 0.0902. The maximum absolute atomic E-state index is 11.6. The zero-order valence-corrected chi connectivity index (χ0v) is 13.9. The van der Waals surface area contributed by atoms with Crippen LogP contribution in [0.1, 0.15) is 50.2 Å². The Hall–Kier alpha value is -1.07. The van der Waals surface area contributed by atoms with Gasteiger partial charge in [-0.3, -0.25) is 0 Å². The number of rotatable bonds is 4. The number of benzene rings is 1. The molecule has 1 aliphatic carbocycles. The minimum atomic E-state index is -3.68. The number of sulfonamides is 1. The summed E-state index contributed by atoms with van der Waals surface area (Å²) in [5, 5.41) is 5.27. The van der Waals surface area contributed by atoms with E-state index in [2.05, 4.69) is 6.92 Å². The number of ether oxygens (including phenoxy) is 1. The minimum absolute atomic E-state index is 0.213. The van der Waals surface area contributed by atoms with Crippen LogP contribution in [-0.4, -0.2) is 14.5 Å². The van der Waals surface area contributed by atoms with Gasteiger partial charge in [-0.15, -0.1) is 0 Å². The van der Waals surface area contributed by atoms with Gasteiger partial charge in [0.2, 0.25) is 10.0 Å². The fourth-order valence-corrected chi connectivity index (χ4v) is 4.41. The summed E-state index contributed by atoms with van der Waals surface area (Å²) < 4.78 is 29.4. The molecule has 0 spiro atoms. The fraction of sp³-hybridized carbons (Fsp3) is 0.625. The van der Waals surface area contributed by atoms with Gasteiger partial charge < -0.3 is 4.74 Å². The quantitative estimate of drug-likeness (QED) is 0.927. The van der Waals surface area contributed by atoms with Crippen molar-refractivity contribution >= 4 is 10.0 Å². The van der Waals surface area contributed by atoms with Gasteiger partial charge >= 0.3 is 0 Å². The number of primary sulfonamides is 1. The van der Waals surface area contributed by atoms with Crippen LogP contribution in [0.2, 0.25) is 0 Å². The Kier molecular flexibility index (Phi) is 4.94. The molecule has 0 aromatic heterocycles. The highest BCUT2D eigenvalue weighted by Gasteiger charge is 2.26. The Bertz CT molecular complexity index is 587. The predicted molar refractivity (Wildman–Crippen MR) is 84.0 cm³/mol. The number of aryl methyl sites for hydroxylation is 2. The van der Waals surface area contributed by atoms with Crippen LogP contribution in [0.4, 0.5) is 0 Å². The van der Waals surface area contributed by atoms with Crippen molar-refractivity contribution in [2.24, 2.45) is 11.1 Å². The minimum Gasteiger partial charge on any atom is -0.490 e. The van der Waals surface area contributed by atoms with E-state index in [1.54, 1.807) is 26.0 Å². The molecule has 1 fully saturated rings. The molecule has 0 aliphatic heterocycles. The summed E-state index contributed by atoms with van der Waals surface area (Å²) >= 11 is 0. The highest BCUT2D eigenvalue weighted by atomic mass is 32.2. The molecule has 1 aromatic carbocycles. The summed E-state index contributed by atoms with van der Waals surface area (Å²) in [6, 6.07) is 3.57. The number of nitrogens with two attached hydrogens (primary N) is 1. The van der Waals surface area contributed by atoms with Crippen LogP contribution in [0.25, 0.3) is 0 Å². The molecule has 4 nitrogen and oxygen atoms in total. The summed E-state index contributed by atoms with van der Waals surface area (Å²) in [6.45, 7) is 5.72. The lowest BCUT2D eigenvalue weighted by Gasteiger charge is -2.31. The van der Waals surface area contributed by atoms with E-state index in [9.17, 15) is 8.42 Å². The Morgan fingerprint density at radius 1 is 1.19 bits per heavy atom. The van der Waals surface area contributed by atoms with Gasteiger partial charge in [0.05, 0.1) is 4.90 Å². The maximum atomic E-state index is 11.6. The third-order valence-electron chi connectivity index (χ3n) is 4.37. The molecule has 0 heterocycles. The summed E-state index contributed by atoms with van der Waals surface area (Å²) in [5.41, 5.74) is 1.30. The van der Waals surface area contributed by atoms with Crippen molar-refractivity contribution in [3.63, 3.8) is 0 Å². The van der Waals surface area contributed by atoms with Crippen molar-refractivity contribution in [2.75, 3.05) is 0 Å². The van der Waals surface area contributed by atoms with Gasteiger partial charge in [0, 0.05) is 0 Å². The molecule has 1 aliphatic rings. The van der Waals surface area contributed by atoms with Gasteiger partial charge in [0.15, 0.2) is 0 Å². The second kappa shape index (κ2) is 6.36. The number of hydrogen-bond acceptors (Lipinski definition) is 3. The maximum Gasteiger partial charge on any atom is 0.238 e. The molecule has 2 unspecified atom stereocenters. The van der Waals surface area contributed by atoms with Gasteiger partial charge in [-0.2, -0.15) is 0 Å². The highest BCUT2D eigenvalue weighted by molar-refractivity contribution is 7.89. The lowest BCUT2D eigenvalue weighted by atomic mass is 9.85. The Morgan fingerprint density at radius 3 is 2.29 bits per heavy atom. The van der Waals surface area contributed by atoms with E-state index in [4.69, 9.17) is 9.88 Å². The number of hydrogen-bond donors (Lipinski definition) is 1. The molecule has 2 N–H and O–H groups in total. The molecule has 2 atom stereocenters. The first kappa shape index (κ1) is 16.3. The van der Waals surface area contributed by atoms with E-state index in [1.807, 2.05) is 0 Å². The van der Waals surface area contributed by atoms with Crippen LogP contribution in [0.15, 0.2) is 17.0 Å². The third kappa shape index (κ3) is 3.77. The van der Waals surface area contributed by atoms with Crippen molar-refractivity contribution in [3.8, 4) is 5.75 Å². The van der Waals surface area contributed by atoms with E-state index < -0.39 is 10.0 Å². The summed E-state index contributed by atoms with van der Waals surface area (Å²) in [4.78, 5) is 0.213. The van der Waals surface area contributed by atoms with E-state index in [1.165, 1.54) is 19.3 Å². The largest absolute Gasteiger partial charge is 0.490 e. The Morgan fingerprint density at radius 2 is 1.76 bits per heavy atom. The summed E-state index contributed by atoms with van der Waals surface area (Å²) in [7, 11) is -3.68. The van der Waals surface area contributed by atoms with Crippen molar-refractivity contribution < 1.29 is 13.2 Å². The van der Waals surface area contributed by atoms with Gasteiger partial charge in [0.25, 0.3) is 0 Å². The second-order valence-electron chi connectivity index (χ2n) is 6.04. The molecule has 5 heteroatoms. The average molecular weight is 311 g/mol. The van der Waals surface area contributed by atoms with E-state index in [-0.39, 0.29) is 11.0 Å². The first-order valence-corrected chi connectivity index (χ1v) is 9.18. The monoisotopic (exact) mass is 311 g/mol. The van der Waals surface area contributed by atoms with Gasteiger partial charge in [-0.05, 0) is 68.7 Å². The van der Waals surface area contributed by atoms with Gasteiger partial charge in [-0.1, -0.05) is 13.3 Å². The average Bonchev–Trinajstić information content (AvgIpc) is 2.36. The lowest BCUT2D eigenvalue weighted by Crippen LogP contribution is -2.30. The second-order valence-corrected chi connectivity index (χ2v) is 7.54. The first-order valence-electron chi connectivity index (χ1n) is 7.63. The smallest absolute Gasteiger partial charge is 0.238 e. The van der Waals surface area contributed by atoms with E-state index in [0.29, 0.717) is 17.0 Å². The molecular formula is C16H25NO3S. The van der Waals surface area contributed by atoms with Crippen molar-refractivity contribution in [3.05, 3.63) is 23.3 Å².